The van der Waals surface area contributed by atoms with E-state index >= 15 is 0 Å². The number of primary amides is 1. The molecular weight excluding hydrogens is 190 g/mol. The minimum Gasteiger partial charge on any atom is -0.381 e. The lowest BCUT2D eigenvalue weighted by molar-refractivity contribution is 0.100. The maximum absolute atomic E-state index is 10.8. The van der Waals surface area contributed by atoms with Gasteiger partial charge in [-0.15, -0.1) is 0 Å². The maximum atomic E-state index is 10.8. The van der Waals surface area contributed by atoms with Gasteiger partial charge in [-0.2, -0.15) is 0 Å². The van der Waals surface area contributed by atoms with E-state index in [1.165, 1.54) is 0 Å². The highest BCUT2D eigenvalue weighted by atomic mass is 16.1. The standard InChI is InChI=1S/C11H17N3O/c1-2-9(7-12)14-10-5-3-8(4-6-10)11(13)15/h3-6,9,14H,2,7,12H2,1H3,(H2,13,15). The van der Waals surface area contributed by atoms with E-state index in [9.17, 15) is 4.79 Å². The topological polar surface area (TPSA) is 81.1 Å². The van der Waals surface area contributed by atoms with E-state index in [0.717, 1.165) is 12.1 Å². The Labute approximate surface area is 89.6 Å². The molecule has 1 aromatic rings. The van der Waals surface area contributed by atoms with E-state index < -0.39 is 5.91 Å². The zero-order chi connectivity index (χ0) is 11.3. The Kier molecular flexibility index (Phi) is 4.12. The van der Waals surface area contributed by atoms with E-state index in [1.807, 2.05) is 12.1 Å². The lowest BCUT2D eigenvalue weighted by Gasteiger charge is -2.15. The van der Waals surface area contributed by atoms with Crippen LogP contribution in [0.25, 0.3) is 0 Å². The van der Waals surface area contributed by atoms with Gasteiger partial charge in [0.25, 0.3) is 0 Å². The van der Waals surface area contributed by atoms with Crippen molar-refractivity contribution in [3.63, 3.8) is 0 Å². The van der Waals surface area contributed by atoms with Gasteiger partial charge in [0, 0.05) is 23.8 Å². The van der Waals surface area contributed by atoms with Crippen LogP contribution in [0.4, 0.5) is 5.69 Å². The van der Waals surface area contributed by atoms with Crippen molar-refractivity contribution in [2.24, 2.45) is 11.5 Å². The van der Waals surface area contributed by atoms with Crippen LogP contribution in [0.5, 0.6) is 0 Å². The Morgan fingerprint density at radius 3 is 2.40 bits per heavy atom. The van der Waals surface area contributed by atoms with Crippen molar-refractivity contribution < 1.29 is 4.79 Å². The van der Waals surface area contributed by atoms with Gasteiger partial charge in [0.15, 0.2) is 0 Å². The first kappa shape index (κ1) is 11.5. The number of carbonyl (C=O) groups excluding carboxylic acids is 1. The molecule has 5 N–H and O–H groups in total. The fourth-order valence-corrected chi connectivity index (χ4v) is 1.29. The summed E-state index contributed by atoms with van der Waals surface area (Å²) in [6.45, 7) is 2.66. The summed E-state index contributed by atoms with van der Waals surface area (Å²) in [5.74, 6) is -0.410. The summed E-state index contributed by atoms with van der Waals surface area (Å²) in [6, 6.07) is 7.34. The molecule has 1 aromatic carbocycles. The number of hydrogen-bond donors (Lipinski definition) is 3. The minimum absolute atomic E-state index is 0.268. The average Bonchev–Trinajstić information content (AvgIpc) is 2.26. The van der Waals surface area contributed by atoms with Crippen LogP contribution >= 0.6 is 0 Å². The van der Waals surface area contributed by atoms with Gasteiger partial charge in [-0.3, -0.25) is 4.79 Å². The number of amides is 1. The van der Waals surface area contributed by atoms with Crippen LogP contribution in [0.2, 0.25) is 0 Å². The molecule has 0 heterocycles. The van der Waals surface area contributed by atoms with E-state index in [4.69, 9.17) is 11.5 Å². The van der Waals surface area contributed by atoms with Crippen LogP contribution in [0.15, 0.2) is 24.3 Å². The van der Waals surface area contributed by atoms with Crippen molar-refractivity contribution in [1.29, 1.82) is 0 Å². The molecule has 0 saturated carbocycles. The molecule has 82 valence electrons. The second-order valence-corrected chi connectivity index (χ2v) is 3.43. The highest BCUT2D eigenvalue weighted by molar-refractivity contribution is 5.93. The molecule has 0 aromatic heterocycles. The summed E-state index contributed by atoms with van der Waals surface area (Å²) < 4.78 is 0. The van der Waals surface area contributed by atoms with Gasteiger partial charge in [0.1, 0.15) is 0 Å². The smallest absolute Gasteiger partial charge is 0.248 e. The lowest BCUT2D eigenvalue weighted by atomic mass is 10.1. The van der Waals surface area contributed by atoms with Gasteiger partial charge in [0.2, 0.25) is 5.91 Å². The van der Waals surface area contributed by atoms with E-state index in [-0.39, 0.29) is 6.04 Å². The highest BCUT2D eigenvalue weighted by Gasteiger charge is 2.04. The summed E-state index contributed by atoms with van der Waals surface area (Å²) >= 11 is 0. The molecule has 1 amide bonds. The van der Waals surface area contributed by atoms with Crippen LogP contribution in [0.1, 0.15) is 23.7 Å². The monoisotopic (exact) mass is 207 g/mol. The zero-order valence-corrected chi connectivity index (χ0v) is 8.86. The van der Waals surface area contributed by atoms with Crippen molar-refractivity contribution >= 4 is 11.6 Å². The Morgan fingerprint density at radius 2 is 2.00 bits per heavy atom. The molecule has 1 atom stereocenters. The Morgan fingerprint density at radius 1 is 1.40 bits per heavy atom. The van der Waals surface area contributed by atoms with E-state index in [0.29, 0.717) is 12.1 Å². The first-order valence-electron chi connectivity index (χ1n) is 5.03. The molecule has 0 bridgehead atoms. The Hall–Kier alpha value is -1.55. The second kappa shape index (κ2) is 5.36. The van der Waals surface area contributed by atoms with Gasteiger partial charge in [-0.1, -0.05) is 6.92 Å². The first-order valence-corrected chi connectivity index (χ1v) is 5.03. The molecule has 4 nitrogen and oxygen atoms in total. The Bertz CT molecular complexity index is 317. The number of rotatable bonds is 5. The largest absolute Gasteiger partial charge is 0.381 e. The third-order valence-electron chi connectivity index (χ3n) is 2.32. The fraction of sp³-hybridized carbons (Fsp3) is 0.364. The molecular formula is C11H17N3O. The number of anilines is 1. The molecule has 0 saturated heterocycles. The molecule has 4 heteroatoms. The summed E-state index contributed by atoms with van der Waals surface area (Å²) in [5, 5.41) is 3.27. The minimum atomic E-state index is -0.410. The normalized spacial score (nSPS) is 12.1. The maximum Gasteiger partial charge on any atom is 0.248 e. The quantitative estimate of drug-likeness (QED) is 0.672. The predicted octanol–water partition coefficient (Wildman–Crippen LogP) is 0.935. The third kappa shape index (κ3) is 3.25. The predicted molar refractivity (Wildman–Crippen MR) is 61.7 cm³/mol. The van der Waals surface area contributed by atoms with Gasteiger partial charge in [-0.05, 0) is 30.7 Å². The Balaban J connectivity index is 2.67. The molecule has 0 aliphatic carbocycles. The van der Waals surface area contributed by atoms with Crippen molar-refractivity contribution in [3.05, 3.63) is 29.8 Å². The van der Waals surface area contributed by atoms with Crippen molar-refractivity contribution in [1.82, 2.24) is 0 Å². The summed E-state index contributed by atoms with van der Waals surface area (Å²) in [7, 11) is 0. The number of benzene rings is 1. The van der Waals surface area contributed by atoms with Crippen LogP contribution in [-0.2, 0) is 0 Å². The number of nitrogens with two attached hydrogens (primary N) is 2. The van der Waals surface area contributed by atoms with Crippen LogP contribution in [0, 0.1) is 0 Å². The van der Waals surface area contributed by atoms with Gasteiger partial charge >= 0.3 is 0 Å². The molecule has 0 spiro atoms. The third-order valence-corrected chi connectivity index (χ3v) is 2.32. The SMILES string of the molecule is CCC(CN)Nc1ccc(C(N)=O)cc1. The molecule has 15 heavy (non-hydrogen) atoms. The first-order chi connectivity index (χ1) is 7.17. The molecule has 0 aliphatic rings. The number of hydrogen-bond acceptors (Lipinski definition) is 3. The highest BCUT2D eigenvalue weighted by Crippen LogP contribution is 2.11. The molecule has 0 radical (unpaired) electrons. The van der Waals surface area contributed by atoms with Crippen LogP contribution in [-0.4, -0.2) is 18.5 Å². The van der Waals surface area contributed by atoms with Gasteiger partial charge in [-0.25, -0.2) is 0 Å². The summed E-state index contributed by atoms with van der Waals surface area (Å²) in [4.78, 5) is 10.8. The number of nitrogens with one attached hydrogen (secondary N) is 1. The van der Waals surface area contributed by atoms with Crippen LogP contribution < -0.4 is 16.8 Å². The number of carbonyl (C=O) groups is 1. The summed E-state index contributed by atoms with van der Waals surface area (Å²) in [6.07, 6.45) is 0.966. The molecule has 1 rings (SSSR count). The molecule has 0 aliphatic heterocycles. The summed E-state index contributed by atoms with van der Waals surface area (Å²) in [5.41, 5.74) is 12.2. The van der Waals surface area contributed by atoms with Crippen molar-refractivity contribution in [2.75, 3.05) is 11.9 Å². The van der Waals surface area contributed by atoms with Crippen LogP contribution in [0.3, 0.4) is 0 Å². The lowest BCUT2D eigenvalue weighted by Crippen LogP contribution is -2.27. The van der Waals surface area contributed by atoms with E-state index in [2.05, 4.69) is 12.2 Å². The van der Waals surface area contributed by atoms with Crippen molar-refractivity contribution in [3.8, 4) is 0 Å². The average molecular weight is 207 g/mol. The van der Waals surface area contributed by atoms with Gasteiger partial charge < -0.3 is 16.8 Å². The fourth-order valence-electron chi connectivity index (χ4n) is 1.29. The zero-order valence-electron chi connectivity index (χ0n) is 8.86. The van der Waals surface area contributed by atoms with Gasteiger partial charge in [0.05, 0.1) is 0 Å². The molecule has 1 unspecified atom stereocenters. The molecule has 0 fully saturated rings. The van der Waals surface area contributed by atoms with E-state index in [1.54, 1.807) is 12.1 Å². The van der Waals surface area contributed by atoms with Crippen molar-refractivity contribution in [2.45, 2.75) is 19.4 Å². The second-order valence-electron chi connectivity index (χ2n) is 3.43.